The summed E-state index contributed by atoms with van der Waals surface area (Å²) in [6, 6.07) is 20.0. The minimum Gasteiger partial charge on any atom is -0.505 e. The molecule has 1 amide bonds. The van der Waals surface area contributed by atoms with E-state index < -0.39 is 11.9 Å². The van der Waals surface area contributed by atoms with E-state index in [1.165, 1.54) is 7.11 Å². The van der Waals surface area contributed by atoms with Crippen LogP contribution < -0.4 is 11.0 Å². The Bertz CT molecular complexity index is 1730. The molecule has 1 heterocycles. The van der Waals surface area contributed by atoms with E-state index in [1.807, 2.05) is 0 Å². The van der Waals surface area contributed by atoms with Crippen molar-refractivity contribution in [1.29, 1.82) is 0 Å². The van der Waals surface area contributed by atoms with Crippen LogP contribution in [0.1, 0.15) is 20.7 Å². The molecule has 0 atom stereocenters. The highest BCUT2D eigenvalue weighted by molar-refractivity contribution is 6.12. The summed E-state index contributed by atoms with van der Waals surface area (Å²) in [5.74, 6) is -1.53. The third-order valence-electron chi connectivity index (χ3n) is 5.58. The highest BCUT2D eigenvalue weighted by atomic mass is 16.5. The molecule has 0 saturated carbocycles. The lowest BCUT2D eigenvalue weighted by Gasteiger charge is -2.11. The fourth-order valence-electron chi connectivity index (χ4n) is 3.85. The van der Waals surface area contributed by atoms with Gasteiger partial charge in [0.25, 0.3) is 5.91 Å². The lowest BCUT2D eigenvalue weighted by Crippen LogP contribution is -2.12. The topological polar surface area (TPSA) is 149 Å². The van der Waals surface area contributed by atoms with Gasteiger partial charge < -0.3 is 25.1 Å². The van der Waals surface area contributed by atoms with Crippen molar-refractivity contribution in [3.05, 3.63) is 94.4 Å². The number of anilines is 1. The van der Waals surface area contributed by atoms with Crippen LogP contribution in [0.3, 0.4) is 0 Å². The largest absolute Gasteiger partial charge is 0.505 e. The molecule has 0 fully saturated rings. The van der Waals surface area contributed by atoms with Crippen molar-refractivity contribution in [2.24, 2.45) is 10.2 Å². The van der Waals surface area contributed by atoms with Crippen LogP contribution in [-0.2, 0) is 4.74 Å². The minimum absolute atomic E-state index is 0.0217. The van der Waals surface area contributed by atoms with Crippen LogP contribution in [0.25, 0.3) is 21.8 Å². The molecule has 5 rings (SSSR count). The van der Waals surface area contributed by atoms with E-state index >= 15 is 0 Å². The number of nitrogens with zero attached hydrogens (tertiary/aromatic N) is 2. The summed E-state index contributed by atoms with van der Waals surface area (Å²) >= 11 is 0. The zero-order chi connectivity index (χ0) is 25.2. The van der Waals surface area contributed by atoms with Crippen LogP contribution >= 0.6 is 0 Å². The second-order valence-corrected chi connectivity index (χ2v) is 7.84. The first-order chi connectivity index (χ1) is 17.4. The van der Waals surface area contributed by atoms with Crippen LogP contribution in [0.2, 0.25) is 0 Å². The normalized spacial score (nSPS) is 11.2. The third-order valence-corrected chi connectivity index (χ3v) is 5.58. The van der Waals surface area contributed by atoms with Gasteiger partial charge in [-0.15, -0.1) is 10.2 Å². The molecule has 1 aromatic heterocycles. The van der Waals surface area contributed by atoms with Crippen molar-refractivity contribution in [2.75, 3.05) is 12.4 Å². The SMILES string of the molecule is COC(=O)c1ccccc1N=Nc1c(O)c(C(=O)Nc2ccc3[nH]c(=O)[nH]c3c2)cc2ccccc12. The number of phenols is 1. The molecule has 5 aromatic rings. The summed E-state index contributed by atoms with van der Waals surface area (Å²) in [6.45, 7) is 0. The lowest BCUT2D eigenvalue weighted by molar-refractivity contribution is 0.0601. The molecule has 0 spiro atoms. The summed E-state index contributed by atoms with van der Waals surface area (Å²) in [5, 5.41) is 23.4. The number of rotatable bonds is 5. The van der Waals surface area contributed by atoms with Gasteiger partial charge in [0.2, 0.25) is 0 Å². The Labute approximate surface area is 203 Å². The Morgan fingerprint density at radius 3 is 2.47 bits per heavy atom. The number of esters is 1. The molecule has 0 saturated heterocycles. The van der Waals surface area contributed by atoms with Gasteiger partial charge in [0.15, 0.2) is 5.75 Å². The minimum atomic E-state index is -0.582. The molecule has 0 aliphatic carbocycles. The van der Waals surface area contributed by atoms with Crippen molar-refractivity contribution in [2.45, 2.75) is 0 Å². The monoisotopic (exact) mass is 481 g/mol. The number of carbonyl (C=O) groups excluding carboxylic acids is 2. The van der Waals surface area contributed by atoms with Crippen LogP contribution in [-0.4, -0.2) is 34.1 Å². The molecule has 0 radical (unpaired) electrons. The number of hydrogen-bond donors (Lipinski definition) is 4. The first-order valence-corrected chi connectivity index (χ1v) is 10.8. The number of amides is 1. The molecular weight excluding hydrogens is 462 g/mol. The van der Waals surface area contributed by atoms with E-state index in [1.54, 1.807) is 72.8 Å². The number of phenolic OH excluding ortho intramolecular Hbond substituents is 1. The number of hydrogen-bond acceptors (Lipinski definition) is 7. The highest BCUT2D eigenvalue weighted by Crippen LogP contribution is 2.40. The average molecular weight is 481 g/mol. The highest BCUT2D eigenvalue weighted by Gasteiger charge is 2.19. The van der Waals surface area contributed by atoms with Gasteiger partial charge in [0, 0.05) is 11.1 Å². The maximum atomic E-state index is 13.1. The summed E-state index contributed by atoms with van der Waals surface area (Å²) in [5.41, 5.74) is 1.70. The van der Waals surface area contributed by atoms with Gasteiger partial charge in [-0.3, -0.25) is 4.79 Å². The molecule has 0 aliphatic rings. The van der Waals surface area contributed by atoms with Gasteiger partial charge in [0.1, 0.15) is 11.4 Å². The Kier molecular flexibility index (Phi) is 5.75. The summed E-state index contributed by atoms with van der Waals surface area (Å²) in [6.07, 6.45) is 0. The fourth-order valence-corrected chi connectivity index (χ4v) is 3.85. The van der Waals surface area contributed by atoms with Crippen molar-refractivity contribution in [3.8, 4) is 5.75 Å². The standard InChI is InChI=1S/C26H19N5O5/c1-36-25(34)17-8-4-5-9-19(17)30-31-22-16-7-3-2-6-14(16)12-18(23(22)32)24(33)27-15-10-11-20-21(13-15)29-26(35)28-20/h2-13,32H,1H3,(H,27,33)(H2,28,29,35). The molecule has 36 heavy (non-hydrogen) atoms. The van der Waals surface area contributed by atoms with Crippen LogP contribution in [0.4, 0.5) is 17.1 Å². The first kappa shape index (κ1) is 22.5. The van der Waals surface area contributed by atoms with Gasteiger partial charge in [-0.05, 0) is 41.8 Å². The molecule has 178 valence electrons. The van der Waals surface area contributed by atoms with E-state index in [0.29, 0.717) is 27.5 Å². The number of ether oxygens (including phenoxy) is 1. The number of azo groups is 1. The molecule has 0 unspecified atom stereocenters. The summed E-state index contributed by atoms with van der Waals surface area (Å²) in [7, 11) is 1.27. The maximum absolute atomic E-state index is 13.1. The molecule has 4 aromatic carbocycles. The third kappa shape index (κ3) is 4.18. The van der Waals surface area contributed by atoms with E-state index in [4.69, 9.17) is 4.74 Å². The van der Waals surface area contributed by atoms with Gasteiger partial charge in [-0.2, -0.15) is 0 Å². The lowest BCUT2D eigenvalue weighted by atomic mass is 10.0. The zero-order valence-electron chi connectivity index (χ0n) is 18.9. The Balaban J connectivity index is 1.56. The number of methoxy groups -OCH3 is 1. The zero-order valence-corrected chi connectivity index (χ0v) is 18.9. The Morgan fingerprint density at radius 2 is 1.64 bits per heavy atom. The quantitative estimate of drug-likeness (QED) is 0.202. The number of aromatic amines is 2. The van der Waals surface area contributed by atoms with E-state index in [0.717, 1.165) is 0 Å². The van der Waals surface area contributed by atoms with Crippen LogP contribution in [0.5, 0.6) is 5.75 Å². The first-order valence-electron chi connectivity index (χ1n) is 10.8. The smallest absolute Gasteiger partial charge is 0.340 e. The predicted octanol–water partition coefficient (Wildman–Crippen LogP) is 5.17. The van der Waals surface area contributed by atoms with Crippen LogP contribution in [0, 0.1) is 0 Å². The van der Waals surface area contributed by atoms with E-state index in [9.17, 15) is 19.5 Å². The van der Waals surface area contributed by atoms with Gasteiger partial charge in [-0.1, -0.05) is 36.4 Å². The van der Waals surface area contributed by atoms with Crippen molar-refractivity contribution < 1.29 is 19.4 Å². The second-order valence-electron chi connectivity index (χ2n) is 7.84. The van der Waals surface area contributed by atoms with Crippen molar-refractivity contribution in [1.82, 2.24) is 9.97 Å². The Hall–Kier alpha value is -5.25. The molecule has 10 heteroatoms. The maximum Gasteiger partial charge on any atom is 0.340 e. The molecule has 0 bridgehead atoms. The number of carbonyl (C=O) groups is 2. The molecule has 10 nitrogen and oxygen atoms in total. The van der Waals surface area contributed by atoms with Crippen LogP contribution in [0.15, 0.2) is 87.8 Å². The summed E-state index contributed by atoms with van der Waals surface area (Å²) in [4.78, 5) is 42.0. The van der Waals surface area contributed by atoms with Crippen molar-refractivity contribution >= 4 is 50.7 Å². The van der Waals surface area contributed by atoms with E-state index in [2.05, 4.69) is 25.5 Å². The molecule has 4 N–H and O–H groups in total. The van der Waals surface area contributed by atoms with Gasteiger partial charge in [0.05, 0.1) is 29.3 Å². The van der Waals surface area contributed by atoms with E-state index in [-0.39, 0.29) is 33.9 Å². The average Bonchev–Trinajstić information content (AvgIpc) is 3.26. The number of benzene rings is 4. The molecule has 0 aliphatic heterocycles. The second kappa shape index (κ2) is 9.18. The number of nitrogens with one attached hydrogen (secondary N) is 3. The molecular formula is C26H19N5O5. The summed E-state index contributed by atoms with van der Waals surface area (Å²) < 4.78 is 4.79. The fraction of sp³-hybridized carbons (Fsp3) is 0.0385. The predicted molar refractivity (Wildman–Crippen MR) is 134 cm³/mol. The van der Waals surface area contributed by atoms with Gasteiger partial charge >= 0.3 is 11.7 Å². The van der Waals surface area contributed by atoms with Crippen molar-refractivity contribution in [3.63, 3.8) is 0 Å². The number of fused-ring (bicyclic) bond motifs is 2. The Morgan fingerprint density at radius 1 is 0.889 bits per heavy atom. The van der Waals surface area contributed by atoms with Gasteiger partial charge in [-0.25, -0.2) is 9.59 Å². The number of aromatic nitrogens is 2. The number of H-pyrrole nitrogens is 2. The number of imidazole rings is 1. The number of aromatic hydroxyl groups is 1.